The summed E-state index contributed by atoms with van der Waals surface area (Å²) in [7, 11) is 3.27. The van der Waals surface area contributed by atoms with Crippen molar-refractivity contribution < 1.29 is 19.0 Å². The number of carbonyl (C=O) groups is 1. The molecule has 2 aliphatic heterocycles. The van der Waals surface area contributed by atoms with Crippen LogP contribution in [-0.2, 0) is 19.0 Å². The number of hydrogen-bond donors (Lipinski definition) is 0. The van der Waals surface area contributed by atoms with Crippen LogP contribution >= 0.6 is 0 Å². The second-order valence-corrected chi connectivity index (χ2v) is 5.30. The largest absolute Gasteiger partial charge is 0.384 e. The van der Waals surface area contributed by atoms with Crippen LogP contribution in [0.4, 0.5) is 0 Å². The zero-order valence-electron chi connectivity index (χ0n) is 11.3. The quantitative estimate of drug-likeness (QED) is 0.743. The van der Waals surface area contributed by atoms with Gasteiger partial charge in [-0.1, -0.05) is 0 Å². The van der Waals surface area contributed by atoms with Gasteiger partial charge in [0.1, 0.15) is 6.61 Å². The van der Waals surface area contributed by atoms with Gasteiger partial charge in [0.15, 0.2) is 0 Å². The molecule has 0 spiro atoms. The lowest BCUT2D eigenvalue weighted by Crippen LogP contribution is -2.58. The van der Waals surface area contributed by atoms with E-state index < -0.39 is 0 Å². The van der Waals surface area contributed by atoms with Gasteiger partial charge in [0, 0.05) is 39.3 Å². The highest BCUT2D eigenvalue weighted by atomic mass is 16.5. The van der Waals surface area contributed by atoms with E-state index in [0.717, 1.165) is 39.0 Å². The molecule has 2 fully saturated rings. The molecule has 0 aromatic rings. The average molecular weight is 257 g/mol. The first-order chi connectivity index (χ1) is 8.72. The second-order valence-electron chi connectivity index (χ2n) is 5.30. The summed E-state index contributed by atoms with van der Waals surface area (Å²) >= 11 is 0. The molecule has 0 aromatic heterocycles. The van der Waals surface area contributed by atoms with E-state index in [1.807, 2.05) is 4.90 Å². The zero-order chi connectivity index (χ0) is 13.0. The molecule has 2 saturated heterocycles. The van der Waals surface area contributed by atoms with Gasteiger partial charge in [-0.05, 0) is 19.3 Å². The van der Waals surface area contributed by atoms with Crippen molar-refractivity contribution >= 4 is 5.91 Å². The van der Waals surface area contributed by atoms with E-state index in [1.165, 1.54) is 0 Å². The van der Waals surface area contributed by atoms with Gasteiger partial charge in [0.2, 0.25) is 5.91 Å². The Morgan fingerprint density at radius 3 is 3.00 bits per heavy atom. The Morgan fingerprint density at radius 1 is 1.44 bits per heavy atom. The molecular formula is C13H23NO4. The van der Waals surface area contributed by atoms with Gasteiger partial charge in [-0.3, -0.25) is 4.79 Å². The smallest absolute Gasteiger partial charge is 0.248 e. The lowest BCUT2D eigenvalue weighted by atomic mass is 9.73. The zero-order valence-corrected chi connectivity index (χ0v) is 11.3. The molecule has 0 aromatic carbocycles. The van der Waals surface area contributed by atoms with Crippen LogP contribution in [0.2, 0.25) is 0 Å². The standard InChI is InChI=1S/C13H23NO4/c1-16-8-12(15)14-6-4-11-13(9-14,10-17-2)5-3-7-18-11/h11H,3-10H2,1-2H3. The van der Waals surface area contributed by atoms with Crippen LogP contribution in [0.15, 0.2) is 0 Å². The first-order valence-corrected chi connectivity index (χ1v) is 6.59. The molecule has 1 amide bonds. The molecule has 2 atom stereocenters. The fourth-order valence-corrected chi connectivity index (χ4v) is 3.22. The monoisotopic (exact) mass is 257 g/mol. The van der Waals surface area contributed by atoms with Gasteiger partial charge in [-0.25, -0.2) is 0 Å². The third-order valence-electron chi connectivity index (χ3n) is 4.04. The van der Waals surface area contributed by atoms with Crippen molar-refractivity contribution in [2.45, 2.75) is 25.4 Å². The van der Waals surface area contributed by atoms with Gasteiger partial charge in [0.25, 0.3) is 0 Å². The molecule has 0 bridgehead atoms. The van der Waals surface area contributed by atoms with Gasteiger partial charge < -0.3 is 19.1 Å². The average Bonchev–Trinajstić information content (AvgIpc) is 2.38. The fraction of sp³-hybridized carbons (Fsp3) is 0.923. The number of likely N-dealkylation sites (tertiary alicyclic amines) is 1. The molecule has 0 radical (unpaired) electrons. The highest BCUT2D eigenvalue weighted by Gasteiger charge is 2.46. The van der Waals surface area contributed by atoms with Crippen molar-refractivity contribution in [2.24, 2.45) is 5.41 Å². The Hall–Kier alpha value is -0.650. The fourth-order valence-electron chi connectivity index (χ4n) is 3.22. The van der Waals surface area contributed by atoms with Gasteiger partial charge in [0.05, 0.1) is 12.7 Å². The van der Waals surface area contributed by atoms with Crippen molar-refractivity contribution in [3.05, 3.63) is 0 Å². The third kappa shape index (κ3) is 2.68. The molecule has 5 heteroatoms. The minimum absolute atomic E-state index is 0.0192. The molecule has 2 unspecified atom stereocenters. The topological polar surface area (TPSA) is 48.0 Å². The number of rotatable bonds is 4. The number of hydrogen-bond acceptors (Lipinski definition) is 4. The molecule has 0 N–H and O–H groups in total. The maximum atomic E-state index is 11.9. The molecule has 104 valence electrons. The van der Waals surface area contributed by atoms with E-state index in [1.54, 1.807) is 14.2 Å². The van der Waals surface area contributed by atoms with Crippen LogP contribution in [0.5, 0.6) is 0 Å². The maximum absolute atomic E-state index is 11.9. The van der Waals surface area contributed by atoms with Crippen molar-refractivity contribution in [2.75, 3.05) is 47.1 Å². The number of carbonyl (C=O) groups excluding carboxylic acids is 1. The lowest BCUT2D eigenvalue weighted by molar-refractivity contribution is -0.164. The van der Waals surface area contributed by atoms with Crippen molar-refractivity contribution in [1.82, 2.24) is 4.90 Å². The van der Waals surface area contributed by atoms with Crippen LogP contribution in [0.1, 0.15) is 19.3 Å². The first kappa shape index (κ1) is 13.8. The van der Waals surface area contributed by atoms with Crippen molar-refractivity contribution in [3.63, 3.8) is 0 Å². The Balaban J connectivity index is 2.06. The van der Waals surface area contributed by atoms with E-state index in [0.29, 0.717) is 6.61 Å². The maximum Gasteiger partial charge on any atom is 0.248 e. The van der Waals surface area contributed by atoms with Gasteiger partial charge in [-0.15, -0.1) is 0 Å². The molecular weight excluding hydrogens is 234 g/mol. The summed E-state index contributed by atoms with van der Waals surface area (Å²) in [5.41, 5.74) is -0.0192. The number of ether oxygens (including phenoxy) is 3. The van der Waals surface area contributed by atoms with E-state index in [9.17, 15) is 4.79 Å². The predicted octanol–water partition coefficient (Wildman–Crippen LogP) is 0.677. The third-order valence-corrected chi connectivity index (χ3v) is 4.04. The van der Waals surface area contributed by atoms with E-state index in [2.05, 4.69) is 0 Å². The summed E-state index contributed by atoms with van der Waals surface area (Å²) in [5.74, 6) is 0.0667. The van der Waals surface area contributed by atoms with Crippen molar-refractivity contribution in [3.8, 4) is 0 Å². The normalized spacial score (nSPS) is 32.1. The van der Waals surface area contributed by atoms with E-state index in [4.69, 9.17) is 14.2 Å². The van der Waals surface area contributed by atoms with E-state index >= 15 is 0 Å². The summed E-state index contributed by atoms with van der Waals surface area (Å²) < 4.78 is 16.2. The lowest BCUT2D eigenvalue weighted by Gasteiger charge is -2.50. The van der Waals surface area contributed by atoms with Gasteiger partial charge >= 0.3 is 0 Å². The molecule has 0 aliphatic carbocycles. The number of piperidine rings is 1. The predicted molar refractivity (Wildman–Crippen MR) is 66.4 cm³/mol. The van der Waals surface area contributed by atoms with Gasteiger partial charge in [-0.2, -0.15) is 0 Å². The van der Waals surface area contributed by atoms with Crippen molar-refractivity contribution in [1.29, 1.82) is 0 Å². The molecule has 2 aliphatic rings. The molecule has 18 heavy (non-hydrogen) atoms. The summed E-state index contributed by atoms with van der Waals surface area (Å²) in [6.07, 6.45) is 3.26. The second kappa shape index (κ2) is 5.99. The minimum Gasteiger partial charge on any atom is -0.384 e. The number of fused-ring (bicyclic) bond motifs is 1. The number of nitrogens with zero attached hydrogens (tertiary/aromatic N) is 1. The summed E-state index contributed by atoms with van der Waals surface area (Å²) in [6.45, 7) is 3.15. The van der Waals surface area contributed by atoms with E-state index in [-0.39, 0.29) is 24.0 Å². The Kier molecular flexibility index (Phi) is 4.59. The van der Waals surface area contributed by atoms with Crippen LogP contribution in [0, 0.1) is 5.41 Å². The number of amides is 1. The Bertz CT molecular complexity index is 293. The summed E-state index contributed by atoms with van der Waals surface area (Å²) in [4.78, 5) is 13.8. The molecule has 0 saturated carbocycles. The van der Waals surface area contributed by atoms with Crippen LogP contribution in [0.25, 0.3) is 0 Å². The molecule has 2 heterocycles. The SMILES string of the molecule is COCC(=O)N1CCC2OCCCC2(COC)C1. The molecule has 2 rings (SSSR count). The van der Waals surface area contributed by atoms with Crippen LogP contribution < -0.4 is 0 Å². The Labute approximate surface area is 108 Å². The summed E-state index contributed by atoms with van der Waals surface area (Å²) in [5, 5.41) is 0. The first-order valence-electron chi connectivity index (χ1n) is 6.59. The highest BCUT2D eigenvalue weighted by Crippen LogP contribution is 2.40. The summed E-state index contributed by atoms with van der Waals surface area (Å²) in [6, 6.07) is 0. The van der Waals surface area contributed by atoms with Crippen LogP contribution in [-0.4, -0.2) is 64.0 Å². The Morgan fingerprint density at radius 2 is 2.28 bits per heavy atom. The molecule has 5 nitrogen and oxygen atoms in total. The number of methoxy groups -OCH3 is 2. The minimum atomic E-state index is -0.0192. The highest BCUT2D eigenvalue weighted by molar-refractivity contribution is 5.77. The van der Waals surface area contributed by atoms with Crippen LogP contribution in [0.3, 0.4) is 0 Å².